The number of nitrogens with zero attached hydrogens (tertiary/aromatic N) is 2. The van der Waals surface area contributed by atoms with Gasteiger partial charge in [-0.25, -0.2) is 13.8 Å². The number of halogens is 13. The summed E-state index contributed by atoms with van der Waals surface area (Å²) in [6.45, 7) is 0. The van der Waals surface area contributed by atoms with Crippen molar-refractivity contribution in [1.29, 1.82) is 0 Å². The van der Waals surface area contributed by atoms with E-state index in [2.05, 4.69) is 20.9 Å². The van der Waals surface area contributed by atoms with Crippen LogP contribution in [0.5, 0.6) is 0 Å². The van der Waals surface area contributed by atoms with Gasteiger partial charge in [0.15, 0.2) is 5.82 Å². The summed E-state index contributed by atoms with van der Waals surface area (Å²) in [5.74, 6) is -12.2. The van der Waals surface area contributed by atoms with Crippen LogP contribution in [0.4, 0.5) is 59.7 Å². The molecule has 2 N–H and O–H groups in total. The number of benzene rings is 2. The Hall–Kier alpha value is -3.07. The van der Waals surface area contributed by atoms with E-state index in [0.717, 1.165) is 52.9 Å². The minimum atomic E-state index is -6.96. The molecule has 6 nitrogen and oxygen atoms in total. The van der Waals surface area contributed by atoms with E-state index in [1.807, 2.05) is 5.32 Å². The zero-order chi connectivity index (χ0) is 32.0. The number of hydrogen-bond donors (Lipinski definition) is 2. The van der Waals surface area contributed by atoms with Gasteiger partial charge in [-0.3, -0.25) is 14.8 Å². The van der Waals surface area contributed by atoms with Crippen LogP contribution in [0.25, 0.3) is 0 Å². The number of carbonyl (C=O) groups excluding carboxylic acids is 2. The number of hydroxylamine groups is 1. The average Bonchev–Trinajstić information content (AvgIpc) is 2.88. The molecule has 42 heavy (non-hydrogen) atoms. The number of alkyl halides is 9. The molecule has 0 bridgehead atoms. The van der Waals surface area contributed by atoms with E-state index >= 15 is 4.39 Å². The maximum absolute atomic E-state index is 15.1. The van der Waals surface area contributed by atoms with Gasteiger partial charge in [-0.15, -0.1) is 0 Å². The molecule has 3 aromatic rings. The summed E-state index contributed by atoms with van der Waals surface area (Å²) >= 11 is 3.68. The first-order valence-corrected chi connectivity index (χ1v) is 12.5. The lowest BCUT2D eigenvalue weighted by Crippen LogP contribution is -2.59. The van der Waals surface area contributed by atoms with Crippen molar-refractivity contribution in [1.82, 2.24) is 4.98 Å². The van der Waals surface area contributed by atoms with Gasteiger partial charge in [0.25, 0.3) is 11.8 Å². The molecule has 0 fully saturated rings. The third-order valence-corrected chi connectivity index (χ3v) is 6.95. The Morgan fingerprint density at radius 3 is 2.05 bits per heavy atom. The van der Waals surface area contributed by atoms with E-state index in [0.29, 0.717) is 6.20 Å². The number of aromatic nitrogens is 1. The Morgan fingerprint density at radius 2 is 1.55 bits per heavy atom. The number of anilines is 2. The highest BCUT2D eigenvalue weighted by molar-refractivity contribution is 14.1. The fourth-order valence-corrected chi connectivity index (χ4v) is 5.07. The summed E-state index contributed by atoms with van der Waals surface area (Å²) < 4.78 is 148. The molecule has 0 radical (unpaired) electrons. The number of rotatable bonds is 6. The van der Waals surface area contributed by atoms with E-state index in [9.17, 15) is 58.7 Å². The molecule has 1 unspecified atom stereocenters. The SMILES string of the molecule is O=C(Nc1c(Br)cc(C(F)(C(F)(F)F)C(F)(F)C(F)(F)F)cc1I)c1cccc(N(O)C(=O)c2ccc(F)nc2)c1F. The molecule has 1 atom stereocenters. The van der Waals surface area contributed by atoms with Crippen molar-refractivity contribution < 1.29 is 63.1 Å². The molecular formula is C23H10BrF11IN3O3. The number of amides is 2. The normalized spacial score (nSPS) is 13.9. The molecule has 2 aromatic carbocycles. The van der Waals surface area contributed by atoms with Gasteiger partial charge < -0.3 is 5.32 Å². The molecule has 3 rings (SSSR count). The van der Waals surface area contributed by atoms with Crippen LogP contribution in [-0.4, -0.2) is 40.3 Å². The van der Waals surface area contributed by atoms with Crippen molar-refractivity contribution in [2.75, 3.05) is 10.4 Å². The smallest absolute Gasteiger partial charge is 0.320 e. The molecule has 19 heteroatoms. The standard InChI is InChI=1S/C23H10BrF11IN3O3/c24-12-6-10(20(27,22(30,31)32)21(28,29)23(33,34)35)7-13(36)17(12)38-18(40)11-2-1-3-14(16(11)26)39(42)19(41)9-4-5-15(25)37-8-9/h1-8,42H,(H,38,40). The van der Waals surface area contributed by atoms with Crippen molar-refractivity contribution in [3.05, 3.63) is 85.2 Å². The zero-order valence-corrected chi connectivity index (χ0v) is 23.4. The Morgan fingerprint density at radius 1 is 0.929 bits per heavy atom. The highest BCUT2D eigenvalue weighted by Crippen LogP contribution is 2.58. The van der Waals surface area contributed by atoms with Crippen molar-refractivity contribution >= 4 is 61.7 Å². The van der Waals surface area contributed by atoms with Gasteiger partial charge in [0.2, 0.25) is 5.95 Å². The number of carbonyl (C=O) groups is 2. The lowest BCUT2D eigenvalue weighted by molar-refractivity contribution is -0.389. The van der Waals surface area contributed by atoms with Gasteiger partial charge in [0.05, 0.1) is 16.8 Å². The van der Waals surface area contributed by atoms with Crippen molar-refractivity contribution in [3.63, 3.8) is 0 Å². The number of pyridine rings is 1. The molecule has 0 aliphatic carbocycles. The minimum absolute atomic E-state index is 0.0221. The van der Waals surface area contributed by atoms with Gasteiger partial charge in [0.1, 0.15) is 5.69 Å². The predicted molar refractivity (Wildman–Crippen MR) is 134 cm³/mol. The van der Waals surface area contributed by atoms with Crippen LogP contribution in [0.2, 0.25) is 0 Å². The first-order valence-electron chi connectivity index (χ1n) is 10.6. The van der Waals surface area contributed by atoms with Crippen molar-refractivity contribution in [3.8, 4) is 0 Å². The maximum atomic E-state index is 15.1. The summed E-state index contributed by atoms with van der Waals surface area (Å²) in [4.78, 5) is 28.4. The molecule has 0 spiro atoms. The van der Waals surface area contributed by atoms with Crippen LogP contribution >= 0.6 is 38.5 Å². The van der Waals surface area contributed by atoms with E-state index in [1.165, 1.54) is 0 Å². The summed E-state index contributed by atoms with van der Waals surface area (Å²) in [6.07, 6.45) is -13.0. The fourth-order valence-electron chi connectivity index (χ4n) is 3.38. The molecule has 0 aliphatic rings. The topological polar surface area (TPSA) is 82.5 Å². The third-order valence-electron chi connectivity index (χ3n) is 5.48. The maximum Gasteiger partial charge on any atom is 0.457 e. The second kappa shape index (κ2) is 11.5. The van der Waals surface area contributed by atoms with Gasteiger partial charge in [-0.2, -0.15) is 44.6 Å². The summed E-state index contributed by atoms with van der Waals surface area (Å²) in [7, 11) is 0. The first kappa shape index (κ1) is 33.4. The molecular weight excluding hydrogens is 782 g/mol. The summed E-state index contributed by atoms with van der Waals surface area (Å²) in [6, 6.07) is 4.22. The minimum Gasteiger partial charge on any atom is -0.320 e. The second-order valence-electron chi connectivity index (χ2n) is 8.12. The van der Waals surface area contributed by atoms with Gasteiger partial charge >= 0.3 is 23.9 Å². The van der Waals surface area contributed by atoms with Gasteiger partial charge in [0, 0.05) is 19.8 Å². The van der Waals surface area contributed by atoms with E-state index < -0.39 is 83.6 Å². The first-order chi connectivity index (χ1) is 19.1. The van der Waals surface area contributed by atoms with Crippen molar-refractivity contribution in [2.45, 2.75) is 23.9 Å². The Labute approximate surface area is 248 Å². The molecule has 226 valence electrons. The average molecular weight is 792 g/mol. The molecule has 1 heterocycles. The Balaban J connectivity index is 1.99. The second-order valence-corrected chi connectivity index (χ2v) is 10.1. The fraction of sp³-hybridized carbons (Fsp3) is 0.174. The van der Waals surface area contributed by atoms with Gasteiger partial charge in [-0.1, -0.05) is 6.07 Å². The lowest BCUT2D eigenvalue weighted by atomic mass is 9.87. The van der Waals surface area contributed by atoms with Crippen LogP contribution in [-0.2, 0) is 5.67 Å². The van der Waals surface area contributed by atoms with Crippen LogP contribution in [0.1, 0.15) is 26.3 Å². The zero-order valence-electron chi connectivity index (χ0n) is 19.7. The van der Waals surface area contributed by atoms with Gasteiger partial charge in [-0.05, 0) is 74.9 Å². The molecule has 0 aliphatic heterocycles. The summed E-state index contributed by atoms with van der Waals surface area (Å²) in [5.41, 5.74) is -11.2. The Bertz CT molecular complexity index is 1510. The van der Waals surface area contributed by atoms with Crippen LogP contribution in [0.15, 0.2) is 53.1 Å². The van der Waals surface area contributed by atoms with Crippen LogP contribution in [0.3, 0.4) is 0 Å². The monoisotopic (exact) mass is 791 g/mol. The highest BCUT2D eigenvalue weighted by atomic mass is 127. The molecule has 2 amide bonds. The van der Waals surface area contributed by atoms with E-state index in [4.69, 9.17) is 0 Å². The van der Waals surface area contributed by atoms with E-state index in [-0.39, 0.29) is 17.2 Å². The van der Waals surface area contributed by atoms with E-state index in [1.54, 1.807) is 0 Å². The number of hydrogen-bond acceptors (Lipinski definition) is 4. The number of nitrogens with one attached hydrogen (secondary N) is 1. The molecule has 0 saturated carbocycles. The molecule has 1 aromatic heterocycles. The van der Waals surface area contributed by atoms with Crippen molar-refractivity contribution in [2.24, 2.45) is 0 Å². The van der Waals surface area contributed by atoms with Crippen LogP contribution < -0.4 is 10.4 Å². The summed E-state index contributed by atoms with van der Waals surface area (Å²) in [5, 5.41) is 11.9. The third kappa shape index (κ3) is 5.90. The highest BCUT2D eigenvalue weighted by Gasteiger charge is 2.81. The van der Waals surface area contributed by atoms with Crippen LogP contribution in [0, 0.1) is 15.3 Å². The molecule has 0 saturated heterocycles. The Kier molecular flexibility index (Phi) is 9.19. The lowest BCUT2D eigenvalue weighted by Gasteiger charge is -2.36. The quantitative estimate of drug-likeness (QED) is 0.0874. The largest absolute Gasteiger partial charge is 0.457 e. The predicted octanol–water partition coefficient (Wildman–Crippen LogP) is 7.94.